The Hall–Kier alpha value is -1.94. The van der Waals surface area contributed by atoms with Crippen molar-refractivity contribution in [3.63, 3.8) is 0 Å². The molecule has 0 bridgehead atoms. The van der Waals surface area contributed by atoms with Gasteiger partial charge in [0, 0.05) is 27.5 Å². The van der Waals surface area contributed by atoms with E-state index >= 15 is 0 Å². The molecule has 1 aromatic carbocycles. The molecule has 0 amide bonds. The van der Waals surface area contributed by atoms with Crippen LogP contribution in [0.3, 0.4) is 0 Å². The van der Waals surface area contributed by atoms with Crippen molar-refractivity contribution in [2.75, 3.05) is 0 Å². The molecule has 2 rings (SSSR count). The Kier molecular flexibility index (Phi) is 7.86. The summed E-state index contributed by atoms with van der Waals surface area (Å²) in [6.45, 7) is 4.22. The van der Waals surface area contributed by atoms with Gasteiger partial charge in [0.15, 0.2) is 0 Å². The van der Waals surface area contributed by atoms with Gasteiger partial charge in [0.05, 0.1) is 0 Å². The minimum atomic E-state index is -0.477. The Labute approximate surface area is 153 Å². The molecule has 25 heavy (non-hydrogen) atoms. The maximum absolute atomic E-state index is 14.4. The van der Waals surface area contributed by atoms with E-state index in [1.165, 1.54) is 36.3 Å². The number of aryl methyl sites for hydroxylation is 1. The van der Waals surface area contributed by atoms with Gasteiger partial charge >= 0.3 is 5.97 Å². The van der Waals surface area contributed by atoms with Crippen molar-refractivity contribution in [1.29, 1.82) is 0 Å². The van der Waals surface area contributed by atoms with Gasteiger partial charge in [-0.3, -0.25) is 0 Å². The van der Waals surface area contributed by atoms with Crippen LogP contribution in [0, 0.1) is 5.82 Å². The number of carbonyl (C=O) groups excluding carboxylic acids is 1. The molecular formula is C21H25FO2S. The Balaban J connectivity index is 2.03. The van der Waals surface area contributed by atoms with Gasteiger partial charge in [-0.25, -0.2) is 9.18 Å². The first-order valence-corrected chi connectivity index (χ1v) is 9.72. The standard InChI is InChI=1S/C21H25FO2S/c1-3-5-7-9-17-12-14-20(25-17)18-13-11-16(15-19(18)22)24-21(23)10-8-6-4-2/h8,10-15H,3-7,9H2,1-2H3. The predicted octanol–water partition coefficient (Wildman–Crippen LogP) is 6.55. The van der Waals surface area contributed by atoms with Crippen molar-refractivity contribution in [3.8, 4) is 16.2 Å². The Morgan fingerprint density at radius 2 is 2.00 bits per heavy atom. The van der Waals surface area contributed by atoms with Gasteiger partial charge < -0.3 is 4.74 Å². The number of esters is 1. The molecule has 0 fully saturated rings. The lowest BCUT2D eigenvalue weighted by molar-refractivity contribution is -0.129. The minimum absolute atomic E-state index is 0.229. The van der Waals surface area contributed by atoms with Crippen molar-refractivity contribution in [2.24, 2.45) is 0 Å². The number of allylic oxidation sites excluding steroid dienone is 1. The highest BCUT2D eigenvalue weighted by molar-refractivity contribution is 7.15. The third-order valence-electron chi connectivity index (χ3n) is 3.82. The summed E-state index contributed by atoms with van der Waals surface area (Å²) in [6, 6.07) is 8.62. The lowest BCUT2D eigenvalue weighted by atomic mass is 10.1. The number of hydrogen-bond donors (Lipinski definition) is 0. The first-order chi connectivity index (χ1) is 12.1. The average Bonchev–Trinajstić information content (AvgIpc) is 3.04. The van der Waals surface area contributed by atoms with Crippen molar-refractivity contribution in [2.45, 2.75) is 52.4 Å². The molecule has 1 heterocycles. The van der Waals surface area contributed by atoms with Crippen molar-refractivity contribution in [3.05, 3.63) is 53.2 Å². The Morgan fingerprint density at radius 3 is 2.72 bits per heavy atom. The molecule has 4 heteroatoms. The number of carbonyl (C=O) groups is 1. The Morgan fingerprint density at radius 1 is 1.16 bits per heavy atom. The van der Waals surface area contributed by atoms with Crippen molar-refractivity contribution in [1.82, 2.24) is 0 Å². The molecule has 0 atom stereocenters. The summed E-state index contributed by atoms with van der Waals surface area (Å²) in [5.41, 5.74) is 0.549. The van der Waals surface area contributed by atoms with Crippen LogP contribution in [0.4, 0.5) is 4.39 Å². The first kappa shape index (κ1) is 19.4. The van der Waals surface area contributed by atoms with E-state index in [4.69, 9.17) is 4.74 Å². The van der Waals surface area contributed by atoms with Gasteiger partial charge in [0.1, 0.15) is 11.6 Å². The molecule has 0 saturated carbocycles. The number of rotatable bonds is 9. The summed E-state index contributed by atoms with van der Waals surface area (Å²) in [5.74, 6) is -0.619. The summed E-state index contributed by atoms with van der Waals surface area (Å²) in [4.78, 5) is 13.8. The second-order valence-corrected chi connectivity index (χ2v) is 7.15. The lowest BCUT2D eigenvalue weighted by Crippen LogP contribution is -2.04. The highest BCUT2D eigenvalue weighted by Gasteiger charge is 2.11. The monoisotopic (exact) mass is 360 g/mol. The number of thiophene rings is 1. The van der Waals surface area contributed by atoms with Crippen LogP contribution in [0.2, 0.25) is 0 Å². The predicted molar refractivity (Wildman–Crippen MR) is 103 cm³/mol. The maximum Gasteiger partial charge on any atom is 0.335 e. The molecule has 134 valence electrons. The zero-order valence-corrected chi connectivity index (χ0v) is 15.7. The second kappa shape index (κ2) is 10.1. The number of unbranched alkanes of at least 4 members (excludes halogenated alkanes) is 3. The van der Waals surface area contributed by atoms with E-state index in [0.29, 0.717) is 5.56 Å². The topological polar surface area (TPSA) is 26.3 Å². The molecule has 1 aromatic heterocycles. The van der Waals surface area contributed by atoms with Crippen molar-refractivity contribution >= 4 is 17.3 Å². The first-order valence-electron chi connectivity index (χ1n) is 8.91. The maximum atomic E-state index is 14.4. The fourth-order valence-corrected chi connectivity index (χ4v) is 3.54. The van der Waals surface area contributed by atoms with E-state index in [-0.39, 0.29) is 11.6 Å². The minimum Gasteiger partial charge on any atom is -0.423 e. The van der Waals surface area contributed by atoms with Gasteiger partial charge in [-0.1, -0.05) is 39.2 Å². The highest BCUT2D eigenvalue weighted by Crippen LogP contribution is 2.32. The van der Waals surface area contributed by atoms with Gasteiger partial charge in [-0.2, -0.15) is 0 Å². The van der Waals surface area contributed by atoms with E-state index in [1.54, 1.807) is 29.5 Å². The molecule has 2 aromatic rings. The zero-order valence-electron chi connectivity index (χ0n) is 14.9. The molecule has 0 aliphatic rings. The fourth-order valence-electron chi connectivity index (χ4n) is 2.46. The number of ether oxygens (including phenoxy) is 1. The van der Waals surface area contributed by atoms with Crippen LogP contribution in [0.5, 0.6) is 5.75 Å². The van der Waals surface area contributed by atoms with E-state index < -0.39 is 5.97 Å². The van der Waals surface area contributed by atoms with Crippen LogP contribution in [0.15, 0.2) is 42.5 Å². The van der Waals surface area contributed by atoms with Crippen LogP contribution in [-0.2, 0) is 11.2 Å². The molecule has 0 N–H and O–H groups in total. The van der Waals surface area contributed by atoms with Gasteiger partial charge in [-0.05, 0) is 43.5 Å². The van der Waals surface area contributed by atoms with Crippen LogP contribution >= 0.6 is 11.3 Å². The highest BCUT2D eigenvalue weighted by atomic mass is 32.1. The molecular weight excluding hydrogens is 335 g/mol. The largest absolute Gasteiger partial charge is 0.423 e. The average molecular weight is 360 g/mol. The molecule has 0 unspecified atom stereocenters. The molecule has 0 aliphatic heterocycles. The third-order valence-corrected chi connectivity index (χ3v) is 5.00. The summed E-state index contributed by atoms with van der Waals surface area (Å²) >= 11 is 1.63. The number of benzene rings is 1. The lowest BCUT2D eigenvalue weighted by Gasteiger charge is -2.05. The van der Waals surface area contributed by atoms with Crippen molar-refractivity contribution < 1.29 is 13.9 Å². The summed E-state index contributed by atoms with van der Waals surface area (Å²) in [5, 5.41) is 0. The zero-order chi connectivity index (χ0) is 18.1. The van der Waals surface area contributed by atoms with Gasteiger partial charge in [-0.15, -0.1) is 11.3 Å². The molecule has 0 aliphatic carbocycles. The van der Waals surface area contributed by atoms with Crippen LogP contribution in [-0.4, -0.2) is 5.97 Å². The Bertz CT molecular complexity index is 718. The van der Waals surface area contributed by atoms with Gasteiger partial charge in [0.25, 0.3) is 0 Å². The smallest absolute Gasteiger partial charge is 0.335 e. The van der Waals surface area contributed by atoms with E-state index in [0.717, 1.165) is 24.1 Å². The molecule has 0 saturated heterocycles. The normalized spacial score (nSPS) is 11.2. The molecule has 2 nitrogen and oxygen atoms in total. The van der Waals surface area contributed by atoms with Crippen LogP contribution < -0.4 is 4.74 Å². The molecule has 0 radical (unpaired) electrons. The SMILES string of the molecule is CCCC=CC(=O)Oc1ccc(-c2ccc(CCCCC)s2)c(F)c1. The molecule has 0 spiro atoms. The van der Waals surface area contributed by atoms with Gasteiger partial charge in [0.2, 0.25) is 0 Å². The summed E-state index contributed by atoms with van der Waals surface area (Å²) < 4.78 is 19.5. The number of hydrogen-bond acceptors (Lipinski definition) is 3. The second-order valence-electron chi connectivity index (χ2n) is 5.98. The van der Waals surface area contributed by atoms with Crippen LogP contribution in [0.1, 0.15) is 50.8 Å². The van der Waals surface area contributed by atoms with E-state index in [1.807, 2.05) is 13.0 Å². The summed E-state index contributed by atoms with van der Waals surface area (Å²) in [7, 11) is 0. The van der Waals surface area contributed by atoms with E-state index in [2.05, 4.69) is 13.0 Å². The quantitative estimate of drug-likeness (QED) is 0.219. The van der Waals surface area contributed by atoms with Crippen LogP contribution in [0.25, 0.3) is 10.4 Å². The number of halogens is 1. The summed E-state index contributed by atoms with van der Waals surface area (Å²) in [6.07, 6.45) is 9.56. The fraction of sp³-hybridized carbons (Fsp3) is 0.381. The third kappa shape index (κ3) is 6.13. The van der Waals surface area contributed by atoms with E-state index in [9.17, 15) is 9.18 Å².